The summed E-state index contributed by atoms with van der Waals surface area (Å²) in [5.74, 6) is 0.387. The van der Waals surface area contributed by atoms with Gasteiger partial charge in [0.25, 0.3) is 0 Å². The van der Waals surface area contributed by atoms with Crippen LogP contribution in [-0.4, -0.2) is 37.5 Å². The summed E-state index contributed by atoms with van der Waals surface area (Å²) in [5, 5.41) is 2.72. The van der Waals surface area contributed by atoms with Crippen LogP contribution < -0.4 is 5.32 Å². The molecule has 1 amide bonds. The highest BCUT2D eigenvalue weighted by Crippen LogP contribution is 2.09. The minimum atomic E-state index is -3.37. The number of carbonyl (C=O) groups is 1. The van der Waals surface area contributed by atoms with E-state index in [1.807, 2.05) is 13.8 Å². The normalized spacial score (nSPS) is 12.1. The molecule has 0 bridgehead atoms. The first-order valence-corrected chi connectivity index (χ1v) is 7.90. The second-order valence-electron chi connectivity index (χ2n) is 4.65. The third-order valence-electron chi connectivity index (χ3n) is 2.42. The molecule has 1 rings (SSSR count). The lowest BCUT2D eigenvalue weighted by molar-refractivity contribution is -0.121. The topological polar surface area (TPSA) is 79.6 Å². The third-order valence-corrected chi connectivity index (χ3v) is 3.67. The van der Waals surface area contributed by atoms with E-state index in [1.54, 1.807) is 12.1 Å². The van der Waals surface area contributed by atoms with Gasteiger partial charge in [0.1, 0.15) is 5.76 Å². The van der Waals surface area contributed by atoms with Crippen molar-refractivity contribution in [1.29, 1.82) is 0 Å². The second kappa shape index (κ2) is 6.72. The Morgan fingerprint density at radius 1 is 1.47 bits per heavy atom. The molecule has 108 valence electrons. The number of nitrogens with one attached hydrogen (secondary N) is 1. The highest BCUT2D eigenvalue weighted by Gasteiger charge is 2.19. The molecule has 0 saturated heterocycles. The van der Waals surface area contributed by atoms with Crippen molar-refractivity contribution >= 4 is 15.9 Å². The van der Waals surface area contributed by atoms with Crippen LogP contribution in [0.2, 0.25) is 0 Å². The highest BCUT2D eigenvalue weighted by molar-refractivity contribution is 7.88. The molecular formula is C12H20N2O4S. The quantitative estimate of drug-likeness (QED) is 0.810. The fraction of sp³-hybridized carbons (Fsp3) is 0.583. The monoisotopic (exact) mass is 288 g/mol. The number of amides is 1. The first-order chi connectivity index (χ1) is 8.79. The fourth-order valence-corrected chi connectivity index (χ4v) is 2.34. The average Bonchev–Trinajstić information content (AvgIpc) is 2.74. The summed E-state index contributed by atoms with van der Waals surface area (Å²) in [6, 6.07) is 3.44. The number of sulfonamides is 1. The summed E-state index contributed by atoms with van der Waals surface area (Å²) in [6.07, 6.45) is 2.74. The SMILES string of the molecule is CC(C)NC(=O)CCN(Cc1ccco1)S(C)(=O)=O. The molecule has 0 unspecified atom stereocenters. The number of nitrogens with zero attached hydrogens (tertiary/aromatic N) is 1. The summed E-state index contributed by atoms with van der Waals surface area (Å²) in [7, 11) is -3.37. The summed E-state index contributed by atoms with van der Waals surface area (Å²) >= 11 is 0. The van der Waals surface area contributed by atoms with Gasteiger partial charge < -0.3 is 9.73 Å². The van der Waals surface area contributed by atoms with Gasteiger partial charge in [-0.05, 0) is 26.0 Å². The van der Waals surface area contributed by atoms with Crippen LogP contribution in [0, 0.1) is 0 Å². The zero-order valence-corrected chi connectivity index (χ0v) is 12.2. The molecule has 0 saturated carbocycles. The van der Waals surface area contributed by atoms with E-state index >= 15 is 0 Å². The van der Waals surface area contributed by atoms with Crippen LogP contribution in [0.4, 0.5) is 0 Å². The van der Waals surface area contributed by atoms with Gasteiger partial charge in [0.2, 0.25) is 15.9 Å². The Bertz CT molecular complexity index is 494. The summed E-state index contributed by atoms with van der Waals surface area (Å²) in [4.78, 5) is 11.5. The number of hydrogen-bond acceptors (Lipinski definition) is 4. The van der Waals surface area contributed by atoms with E-state index in [-0.39, 0.29) is 31.5 Å². The van der Waals surface area contributed by atoms with Gasteiger partial charge in [-0.1, -0.05) is 0 Å². The molecule has 0 atom stereocenters. The highest BCUT2D eigenvalue weighted by atomic mass is 32.2. The predicted octanol–water partition coefficient (Wildman–Crippen LogP) is 0.956. The van der Waals surface area contributed by atoms with E-state index in [9.17, 15) is 13.2 Å². The molecular weight excluding hydrogens is 268 g/mol. The second-order valence-corrected chi connectivity index (χ2v) is 6.63. The lowest BCUT2D eigenvalue weighted by Gasteiger charge is -2.18. The van der Waals surface area contributed by atoms with Crippen LogP contribution in [0.25, 0.3) is 0 Å². The van der Waals surface area contributed by atoms with Crippen LogP contribution in [0.15, 0.2) is 22.8 Å². The van der Waals surface area contributed by atoms with Crippen LogP contribution in [-0.2, 0) is 21.4 Å². The van der Waals surface area contributed by atoms with Crippen LogP contribution >= 0.6 is 0 Å². The number of carbonyl (C=O) groups excluding carboxylic acids is 1. The molecule has 0 aliphatic heterocycles. The van der Waals surface area contributed by atoms with Crippen molar-refractivity contribution in [3.8, 4) is 0 Å². The maximum absolute atomic E-state index is 11.6. The van der Waals surface area contributed by atoms with Gasteiger partial charge in [-0.25, -0.2) is 8.42 Å². The zero-order valence-electron chi connectivity index (χ0n) is 11.4. The van der Waals surface area contributed by atoms with Crippen molar-refractivity contribution in [2.75, 3.05) is 12.8 Å². The first kappa shape index (κ1) is 15.7. The lowest BCUT2D eigenvalue weighted by atomic mass is 10.3. The zero-order chi connectivity index (χ0) is 14.5. The van der Waals surface area contributed by atoms with Crippen molar-refractivity contribution in [2.45, 2.75) is 32.9 Å². The van der Waals surface area contributed by atoms with Crippen molar-refractivity contribution in [1.82, 2.24) is 9.62 Å². The van der Waals surface area contributed by atoms with Gasteiger partial charge in [0.15, 0.2) is 0 Å². The van der Waals surface area contributed by atoms with E-state index < -0.39 is 10.0 Å². The molecule has 6 nitrogen and oxygen atoms in total. The molecule has 1 N–H and O–H groups in total. The summed E-state index contributed by atoms with van der Waals surface area (Å²) in [6.45, 7) is 3.99. The summed E-state index contributed by atoms with van der Waals surface area (Å²) < 4.78 is 29.6. The standard InChI is InChI=1S/C12H20N2O4S/c1-10(2)13-12(15)6-7-14(19(3,16)17)9-11-5-4-8-18-11/h4-5,8,10H,6-7,9H2,1-3H3,(H,13,15). The van der Waals surface area contributed by atoms with Crippen molar-refractivity contribution in [3.63, 3.8) is 0 Å². The number of rotatable bonds is 7. The minimum absolute atomic E-state index is 0.0456. The number of hydrogen-bond donors (Lipinski definition) is 1. The summed E-state index contributed by atoms with van der Waals surface area (Å²) in [5.41, 5.74) is 0. The maximum Gasteiger partial charge on any atom is 0.221 e. The Hall–Kier alpha value is -1.34. The van der Waals surface area contributed by atoms with E-state index in [4.69, 9.17) is 4.42 Å². The Kier molecular flexibility index (Phi) is 5.56. The Morgan fingerprint density at radius 2 is 2.16 bits per heavy atom. The molecule has 0 radical (unpaired) electrons. The molecule has 0 aliphatic rings. The molecule has 0 spiro atoms. The van der Waals surface area contributed by atoms with E-state index in [0.717, 1.165) is 6.26 Å². The Balaban J connectivity index is 2.59. The van der Waals surface area contributed by atoms with Crippen molar-refractivity contribution in [2.24, 2.45) is 0 Å². The Morgan fingerprint density at radius 3 is 2.63 bits per heavy atom. The third kappa shape index (κ3) is 5.89. The molecule has 7 heteroatoms. The van der Waals surface area contributed by atoms with E-state index in [1.165, 1.54) is 10.6 Å². The molecule has 0 fully saturated rings. The number of furan rings is 1. The van der Waals surface area contributed by atoms with Crippen LogP contribution in [0.5, 0.6) is 0 Å². The van der Waals surface area contributed by atoms with Gasteiger partial charge in [-0.3, -0.25) is 4.79 Å². The molecule has 0 aliphatic carbocycles. The molecule has 0 aromatic carbocycles. The Labute approximate surface area is 113 Å². The lowest BCUT2D eigenvalue weighted by Crippen LogP contribution is -2.36. The van der Waals surface area contributed by atoms with Crippen molar-refractivity contribution in [3.05, 3.63) is 24.2 Å². The molecule has 1 aromatic rings. The van der Waals surface area contributed by atoms with Gasteiger partial charge >= 0.3 is 0 Å². The largest absolute Gasteiger partial charge is 0.468 e. The van der Waals surface area contributed by atoms with Crippen LogP contribution in [0.3, 0.4) is 0 Å². The maximum atomic E-state index is 11.6. The van der Waals surface area contributed by atoms with E-state index in [2.05, 4.69) is 5.32 Å². The predicted molar refractivity (Wildman–Crippen MR) is 71.9 cm³/mol. The van der Waals surface area contributed by atoms with Gasteiger partial charge in [-0.2, -0.15) is 4.31 Å². The van der Waals surface area contributed by atoms with Gasteiger partial charge in [-0.15, -0.1) is 0 Å². The average molecular weight is 288 g/mol. The fourth-order valence-electron chi connectivity index (χ4n) is 1.56. The van der Waals surface area contributed by atoms with E-state index in [0.29, 0.717) is 5.76 Å². The smallest absolute Gasteiger partial charge is 0.221 e. The van der Waals surface area contributed by atoms with Crippen molar-refractivity contribution < 1.29 is 17.6 Å². The molecule has 1 aromatic heterocycles. The van der Waals surface area contributed by atoms with Gasteiger partial charge in [0, 0.05) is 19.0 Å². The minimum Gasteiger partial charge on any atom is -0.468 e. The van der Waals surface area contributed by atoms with Gasteiger partial charge in [0.05, 0.1) is 19.1 Å². The molecule has 19 heavy (non-hydrogen) atoms. The first-order valence-electron chi connectivity index (χ1n) is 6.06. The van der Waals surface area contributed by atoms with Crippen LogP contribution in [0.1, 0.15) is 26.0 Å². The molecule has 1 heterocycles.